The van der Waals surface area contributed by atoms with Gasteiger partial charge in [0.25, 0.3) is 5.91 Å². The second kappa shape index (κ2) is 6.66. The van der Waals surface area contributed by atoms with Crippen molar-refractivity contribution in [2.24, 2.45) is 5.73 Å². The van der Waals surface area contributed by atoms with Crippen LogP contribution in [0.3, 0.4) is 0 Å². The lowest BCUT2D eigenvalue weighted by Gasteiger charge is -2.15. The van der Waals surface area contributed by atoms with Crippen molar-refractivity contribution in [1.82, 2.24) is 4.90 Å². The van der Waals surface area contributed by atoms with Gasteiger partial charge in [0.15, 0.2) is 6.10 Å². The number of carbonyl (C=O) groups excluding carboxylic acids is 3. The van der Waals surface area contributed by atoms with Gasteiger partial charge in [0, 0.05) is 6.54 Å². The van der Waals surface area contributed by atoms with Crippen LogP contribution in [0.4, 0.5) is 13.2 Å². The molecule has 1 unspecified atom stereocenters. The smallest absolute Gasteiger partial charge is 0.445 e. The summed E-state index contributed by atoms with van der Waals surface area (Å²) in [7, 11) is 0. The summed E-state index contributed by atoms with van der Waals surface area (Å²) < 4.78 is 44.9. The number of rotatable bonds is 6. The number of imide groups is 1. The van der Waals surface area contributed by atoms with Gasteiger partial charge in [0.2, 0.25) is 5.91 Å². The van der Waals surface area contributed by atoms with E-state index in [1.54, 1.807) is 0 Å². The molecule has 10 heteroatoms. The van der Waals surface area contributed by atoms with Crippen molar-refractivity contribution in [3.8, 4) is 0 Å². The molecule has 114 valence electrons. The second-order valence-corrected chi connectivity index (χ2v) is 3.88. The number of nitrogens with zero attached hydrogens (tertiary/aromatic N) is 1. The Morgan fingerprint density at radius 2 is 2.00 bits per heavy atom. The maximum atomic E-state index is 12.0. The highest BCUT2D eigenvalue weighted by Gasteiger charge is 2.47. The summed E-state index contributed by atoms with van der Waals surface area (Å²) in [4.78, 5) is 34.4. The summed E-state index contributed by atoms with van der Waals surface area (Å²) in [6.45, 7) is 0.364. The first-order valence-electron chi connectivity index (χ1n) is 5.67. The topological polar surface area (TPSA) is 98.9 Å². The Labute approximate surface area is 111 Å². The first-order chi connectivity index (χ1) is 9.27. The highest BCUT2D eigenvalue weighted by atomic mass is 19.4. The molecule has 0 aromatic heterocycles. The van der Waals surface area contributed by atoms with Crippen LogP contribution in [0.2, 0.25) is 0 Å². The third-order valence-corrected chi connectivity index (χ3v) is 2.40. The zero-order valence-corrected chi connectivity index (χ0v) is 10.3. The molecule has 0 aliphatic carbocycles. The first-order valence-corrected chi connectivity index (χ1v) is 5.67. The van der Waals surface area contributed by atoms with E-state index in [4.69, 9.17) is 10.5 Å². The minimum atomic E-state index is -5.21. The Bertz CT molecular complexity index is 399. The Morgan fingerprint density at radius 3 is 2.55 bits per heavy atom. The average Bonchev–Trinajstić information content (AvgIpc) is 2.60. The number of likely N-dealkylation sites (tertiary alicyclic amines) is 1. The summed E-state index contributed by atoms with van der Waals surface area (Å²) in [5.41, 5.74) is 5.16. The highest BCUT2D eigenvalue weighted by Crippen LogP contribution is 2.22. The summed E-state index contributed by atoms with van der Waals surface area (Å²) in [6.07, 6.45) is -7.54. The van der Waals surface area contributed by atoms with Gasteiger partial charge >= 0.3 is 12.1 Å². The molecule has 1 rings (SSSR count). The molecule has 1 aliphatic rings. The first kappa shape index (κ1) is 16.4. The minimum absolute atomic E-state index is 0.00855. The van der Waals surface area contributed by atoms with Crippen molar-refractivity contribution >= 4 is 17.8 Å². The Hall–Kier alpha value is -1.68. The fourth-order valence-corrected chi connectivity index (χ4v) is 1.52. The molecule has 2 N–H and O–H groups in total. The number of hydrogen-bond donors (Lipinski definition) is 1. The number of halogens is 3. The van der Waals surface area contributed by atoms with Crippen LogP contribution in [-0.4, -0.2) is 61.3 Å². The van der Waals surface area contributed by atoms with Gasteiger partial charge in [-0.25, -0.2) is 4.79 Å². The van der Waals surface area contributed by atoms with Crippen LogP contribution in [0.15, 0.2) is 0 Å². The molecule has 20 heavy (non-hydrogen) atoms. The molecular formula is C10H13F3N2O5. The molecular weight excluding hydrogens is 285 g/mol. The van der Waals surface area contributed by atoms with Crippen LogP contribution < -0.4 is 5.73 Å². The Morgan fingerprint density at radius 1 is 1.35 bits per heavy atom. The van der Waals surface area contributed by atoms with E-state index in [1.165, 1.54) is 0 Å². The monoisotopic (exact) mass is 298 g/mol. The third-order valence-electron chi connectivity index (χ3n) is 2.40. The lowest BCUT2D eigenvalue weighted by molar-refractivity contribution is -0.204. The largest absolute Gasteiger partial charge is 0.490 e. The predicted octanol–water partition coefficient (Wildman–Crippen LogP) is -0.805. The van der Waals surface area contributed by atoms with Crippen LogP contribution >= 0.6 is 0 Å². The predicted molar refractivity (Wildman–Crippen MR) is 57.1 cm³/mol. The Balaban J connectivity index is 2.52. The fraction of sp³-hybridized carbons (Fsp3) is 0.700. The number of nitrogens with two attached hydrogens (primary N) is 1. The van der Waals surface area contributed by atoms with E-state index < -0.39 is 36.5 Å². The second-order valence-electron chi connectivity index (χ2n) is 3.88. The van der Waals surface area contributed by atoms with E-state index in [9.17, 15) is 27.6 Å². The van der Waals surface area contributed by atoms with Gasteiger partial charge in [-0.05, 0) is 0 Å². The molecule has 0 radical (unpaired) electrons. The van der Waals surface area contributed by atoms with E-state index in [2.05, 4.69) is 4.74 Å². The molecule has 0 aromatic rings. The highest BCUT2D eigenvalue weighted by molar-refractivity contribution is 6.05. The molecule has 1 fully saturated rings. The summed E-state index contributed by atoms with van der Waals surface area (Å²) in [5, 5.41) is 0. The standard InChI is InChI=1S/C10H13F3N2O5/c11-10(12,13)9(18)20-6-5-7(16)15(8(6)17)2-4-19-3-1-14/h6H,1-5,14H2. The van der Waals surface area contributed by atoms with Crippen LogP contribution in [0.1, 0.15) is 6.42 Å². The van der Waals surface area contributed by atoms with Gasteiger partial charge in [0.05, 0.1) is 26.2 Å². The van der Waals surface area contributed by atoms with Gasteiger partial charge in [-0.15, -0.1) is 0 Å². The molecule has 1 heterocycles. The minimum Gasteiger partial charge on any atom is -0.445 e. The average molecular weight is 298 g/mol. The number of amides is 2. The molecule has 0 spiro atoms. The number of alkyl halides is 3. The fourth-order valence-electron chi connectivity index (χ4n) is 1.52. The van der Waals surface area contributed by atoms with Crippen molar-refractivity contribution < 1.29 is 37.0 Å². The summed E-state index contributed by atoms with van der Waals surface area (Å²) in [5.74, 6) is -4.19. The van der Waals surface area contributed by atoms with E-state index >= 15 is 0 Å². The molecule has 0 bridgehead atoms. The van der Waals surface area contributed by atoms with Crippen molar-refractivity contribution in [2.75, 3.05) is 26.3 Å². The lowest BCUT2D eigenvalue weighted by atomic mass is 10.3. The number of hydrogen-bond acceptors (Lipinski definition) is 6. The van der Waals surface area contributed by atoms with Gasteiger partial charge in [-0.2, -0.15) is 13.2 Å². The maximum Gasteiger partial charge on any atom is 0.490 e. The number of ether oxygens (including phenoxy) is 2. The zero-order valence-electron chi connectivity index (χ0n) is 10.3. The molecule has 0 saturated carbocycles. The van der Waals surface area contributed by atoms with Crippen LogP contribution in [-0.2, 0) is 23.9 Å². The van der Waals surface area contributed by atoms with E-state index in [-0.39, 0.29) is 26.3 Å². The quantitative estimate of drug-likeness (QED) is 0.391. The molecule has 7 nitrogen and oxygen atoms in total. The van der Waals surface area contributed by atoms with Crippen molar-refractivity contribution in [3.05, 3.63) is 0 Å². The van der Waals surface area contributed by atoms with Gasteiger partial charge in [-0.1, -0.05) is 0 Å². The zero-order chi connectivity index (χ0) is 15.3. The van der Waals surface area contributed by atoms with Crippen LogP contribution in [0.5, 0.6) is 0 Å². The molecule has 0 aromatic carbocycles. The van der Waals surface area contributed by atoms with Crippen LogP contribution in [0, 0.1) is 0 Å². The summed E-state index contributed by atoms with van der Waals surface area (Å²) >= 11 is 0. The third kappa shape index (κ3) is 4.17. The number of esters is 1. The molecule has 1 aliphatic heterocycles. The van der Waals surface area contributed by atoms with E-state index in [0.29, 0.717) is 4.90 Å². The van der Waals surface area contributed by atoms with Crippen molar-refractivity contribution in [2.45, 2.75) is 18.7 Å². The SMILES string of the molecule is NCCOCCN1C(=O)CC(OC(=O)C(F)(F)F)C1=O. The van der Waals surface area contributed by atoms with Gasteiger partial charge in [-0.3, -0.25) is 14.5 Å². The number of carbonyl (C=O) groups is 3. The summed E-state index contributed by atoms with van der Waals surface area (Å²) in [6, 6.07) is 0. The maximum absolute atomic E-state index is 12.0. The van der Waals surface area contributed by atoms with E-state index in [1.807, 2.05) is 0 Å². The molecule has 1 atom stereocenters. The van der Waals surface area contributed by atoms with Crippen molar-refractivity contribution in [1.29, 1.82) is 0 Å². The van der Waals surface area contributed by atoms with E-state index in [0.717, 1.165) is 0 Å². The Kier molecular flexibility index (Phi) is 5.45. The van der Waals surface area contributed by atoms with Gasteiger partial charge < -0.3 is 15.2 Å². The molecule has 1 saturated heterocycles. The lowest BCUT2D eigenvalue weighted by Crippen LogP contribution is -2.38. The molecule has 2 amide bonds. The normalized spacial score (nSPS) is 19.6. The van der Waals surface area contributed by atoms with Crippen molar-refractivity contribution in [3.63, 3.8) is 0 Å². The van der Waals surface area contributed by atoms with Crippen LogP contribution in [0.25, 0.3) is 0 Å². The van der Waals surface area contributed by atoms with Gasteiger partial charge in [0.1, 0.15) is 0 Å².